The maximum Gasteiger partial charge on any atom is 0.255 e. The number of aryl methyl sites for hydroxylation is 2. The molecule has 0 saturated heterocycles. The van der Waals surface area contributed by atoms with Gasteiger partial charge in [-0.15, -0.1) is 0 Å². The highest BCUT2D eigenvalue weighted by Gasteiger charge is 2.12. The Hall–Kier alpha value is -4.20. The average molecular weight is 425 g/mol. The van der Waals surface area contributed by atoms with Gasteiger partial charge in [0.25, 0.3) is 5.91 Å². The van der Waals surface area contributed by atoms with E-state index in [0.717, 1.165) is 33.3 Å². The van der Waals surface area contributed by atoms with E-state index in [9.17, 15) is 4.79 Å². The first-order valence-corrected chi connectivity index (χ1v) is 10.4. The summed E-state index contributed by atoms with van der Waals surface area (Å²) in [5.74, 6) is 0.528. The third-order valence-corrected chi connectivity index (χ3v) is 5.60. The minimum atomic E-state index is -0.138. The number of carbonyl (C=O) groups is 1. The molecule has 0 bridgehead atoms. The van der Waals surface area contributed by atoms with Crippen molar-refractivity contribution in [1.82, 2.24) is 24.3 Å². The second kappa shape index (κ2) is 7.81. The molecule has 2 N–H and O–H groups in total. The van der Waals surface area contributed by atoms with E-state index in [1.807, 2.05) is 80.3 Å². The molecule has 0 radical (unpaired) electrons. The maximum absolute atomic E-state index is 12.8. The summed E-state index contributed by atoms with van der Waals surface area (Å²) in [6.45, 7) is 2.04. The first-order chi connectivity index (χ1) is 15.5. The molecule has 5 aromatic rings. The first kappa shape index (κ1) is 19.7. The SMILES string of the molecule is C[C@H](Nc1cnc2cnn(C)c2n1)c1cccc(NC(=O)c2ccc3c(ccn3C)c2)c1. The summed E-state index contributed by atoms with van der Waals surface area (Å²) in [6.07, 6.45) is 5.38. The van der Waals surface area contributed by atoms with Gasteiger partial charge in [-0.1, -0.05) is 12.1 Å². The largest absolute Gasteiger partial charge is 0.362 e. The summed E-state index contributed by atoms with van der Waals surface area (Å²) in [7, 11) is 3.83. The van der Waals surface area contributed by atoms with Crippen molar-refractivity contribution in [3.8, 4) is 0 Å². The Balaban J connectivity index is 1.32. The summed E-state index contributed by atoms with van der Waals surface area (Å²) >= 11 is 0. The molecule has 0 spiro atoms. The van der Waals surface area contributed by atoms with Crippen molar-refractivity contribution in [1.29, 1.82) is 0 Å². The van der Waals surface area contributed by atoms with Crippen LogP contribution in [0, 0.1) is 0 Å². The summed E-state index contributed by atoms with van der Waals surface area (Å²) in [6, 6.07) is 15.5. The van der Waals surface area contributed by atoms with Crippen molar-refractivity contribution in [2.24, 2.45) is 14.1 Å². The van der Waals surface area contributed by atoms with Gasteiger partial charge in [0.05, 0.1) is 18.4 Å². The molecule has 5 rings (SSSR count). The molecule has 3 aromatic heterocycles. The van der Waals surface area contributed by atoms with E-state index in [1.54, 1.807) is 17.1 Å². The molecule has 0 aliphatic rings. The molecule has 1 atom stereocenters. The number of amides is 1. The van der Waals surface area contributed by atoms with E-state index in [0.29, 0.717) is 11.4 Å². The number of fused-ring (bicyclic) bond motifs is 2. The van der Waals surface area contributed by atoms with Crippen LogP contribution in [-0.2, 0) is 14.1 Å². The van der Waals surface area contributed by atoms with Crippen LogP contribution in [0.2, 0.25) is 0 Å². The van der Waals surface area contributed by atoms with Gasteiger partial charge < -0.3 is 15.2 Å². The number of hydrogen-bond donors (Lipinski definition) is 2. The van der Waals surface area contributed by atoms with Gasteiger partial charge in [0, 0.05) is 42.4 Å². The fourth-order valence-electron chi connectivity index (χ4n) is 3.80. The van der Waals surface area contributed by atoms with E-state index in [2.05, 4.69) is 25.7 Å². The van der Waals surface area contributed by atoms with Crippen LogP contribution in [0.15, 0.2) is 67.1 Å². The number of nitrogens with one attached hydrogen (secondary N) is 2. The Morgan fingerprint density at radius 1 is 1.06 bits per heavy atom. The van der Waals surface area contributed by atoms with Crippen molar-refractivity contribution < 1.29 is 4.79 Å². The molecular weight excluding hydrogens is 402 g/mol. The van der Waals surface area contributed by atoms with Gasteiger partial charge in [-0.25, -0.2) is 14.6 Å². The van der Waals surface area contributed by atoms with E-state index >= 15 is 0 Å². The number of carbonyl (C=O) groups excluding carboxylic acids is 1. The number of aromatic nitrogens is 5. The third-order valence-electron chi connectivity index (χ3n) is 5.60. The van der Waals surface area contributed by atoms with E-state index in [4.69, 9.17) is 0 Å². The number of rotatable bonds is 5. The second-order valence-corrected chi connectivity index (χ2v) is 7.88. The fourth-order valence-corrected chi connectivity index (χ4v) is 3.80. The van der Waals surface area contributed by atoms with E-state index in [-0.39, 0.29) is 11.9 Å². The van der Waals surface area contributed by atoms with Crippen LogP contribution in [0.25, 0.3) is 22.1 Å². The van der Waals surface area contributed by atoms with Gasteiger partial charge >= 0.3 is 0 Å². The van der Waals surface area contributed by atoms with Gasteiger partial charge in [0.2, 0.25) is 0 Å². The Morgan fingerprint density at radius 3 is 2.81 bits per heavy atom. The topological polar surface area (TPSA) is 89.7 Å². The predicted molar refractivity (Wildman–Crippen MR) is 126 cm³/mol. The van der Waals surface area contributed by atoms with Crippen molar-refractivity contribution in [2.45, 2.75) is 13.0 Å². The number of hydrogen-bond acceptors (Lipinski definition) is 5. The number of benzene rings is 2. The Bertz CT molecular complexity index is 1450. The van der Waals surface area contributed by atoms with Gasteiger partial charge in [-0.05, 0) is 48.9 Å². The van der Waals surface area contributed by atoms with Crippen molar-refractivity contribution in [3.63, 3.8) is 0 Å². The summed E-state index contributed by atoms with van der Waals surface area (Å²) in [4.78, 5) is 21.8. The van der Waals surface area contributed by atoms with Gasteiger partial charge in [0.15, 0.2) is 5.65 Å². The molecule has 3 heterocycles. The predicted octanol–water partition coefficient (Wildman–Crippen LogP) is 4.28. The van der Waals surface area contributed by atoms with Crippen LogP contribution >= 0.6 is 0 Å². The average Bonchev–Trinajstić information content (AvgIpc) is 3.36. The molecule has 0 aliphatic carbocycles. The zero-order valence-electron chi connectivity index (χ0n) is 18.1. The van der Waals surface area contributed by atoms with Crippen LogP contribution in [-0.4, -0.2) is 30.2 Å². The molecular formula is C24H23N7O. The third kappa shape index (κ3) is 3.66. The quantitative estimate of drug-likeness (QED) is 0.439. The molecule has 8 nitrogen and oxygen atoms in total. The van der Waals surface area contributed by atoms with Crippen molar-refractivity contribution in [2.75, 3.05) is 10.6 Å². The lowest BCUT2D eigenvalue weighted by Crippen LogP contribution is -2.13. The second-order valence-electron chi connectivity index (χ2n) is 7.88. The lowest BCUT2D eigenvalue weighted by atomic mass is 10.1. The van der Waals surface area contributed by atoms with Gasteiger partial charge in [-0.2, -0.15) is 5.10 Å². The van der Waals surface area contributed by atoms with Crippen molar-refractivity contribution >= 4 is 39.5 Å². The lowest BCUT2D eigenvalue weighted by Gasteiger charge is -2.16. The Kier molecular flexibility index (Phi) is 4.82. The molecule has 160 valence electrons. The molecule has 2 aromatic carbocycles. The molecule has 0 fully saturated rings. The lowest BCUT2D eigenvalue weighted by molar-refractivity contribution is 0.102. The highest BCUT2D eigenvalue weighted by Crippen LogP contribution is 2.23. The smallest absolute Gasteiger partial charge is 0.255 e. The van der Waals surface area contributed by atoms with Gasteiger partial charge in [-0.3, -0.25) is 4.79 Å². The summed E-state index contributed by atoms with van der Waals surface area (Å²) in [5.41, 5.74) is 4.95. The van der Waals surface area contributed by atoms with Crippen LogP contribution in [0.4, 0.5) is 11.5 Å². The first-order valence-electron chi connectivity index (χ1n) is 10.4. The fraction of sp³-hybridized carbons (Fsp3) is 0.167. The standard InChI is InChI=1S/C24H23N7O/c1-15(27-22-14-25-20-13-26-31(3)23(20)29-22)16-5-4-6-19(12-16)28-24(32)18-7-8-21-17(11-18)9-10-30(21)2/h4-15H,1-3H3,(H,27,29)(H,28,32)/t15-/m0/s1. The van der Waals surface area contributed by atoms with Crippen LogP contribution < -0.4 is 10.6 Å². The van der Waals surface area contributed by atoms with Crippen molar-refractivity contribution in [3.05, 3.63) is 78.2 Å². The zero-order valence-corrected chi connectivity index (χ0v) is 18.1. The molecule has 0 saturated carbocycles. The van der Waals surface area contributed by atoms with E-state index < -0.39 is 0 Å². The summed E-state index contributed by atoms with van der Waals surface area (Å²) in [5, 5.41) is 11.6. The molecule has 1 amide bonds. The minimum Gasteiger partial charge on any atom is -0.362 e. The molecule has 32 heavy (non-hydrogen) atoms. The van der Waals surface area contributed by atoms with Crippen LogP contribution in [0.5, 0.6) is 0 Å². The summed E-state index contributed by atoms with van der Waals surface area (Å²) < 4.78 is 3.73. The van der Waals surface area contributed by atoms with Gasteiger partial charge in [0.1, 0.15) is 11.3 Å². The highest BCUT2D eigenvalue weighted by atomic mass is 16.1. The highest BCUT2D eigenvalue weighted by molar-refractivity contribution is 6.06. The molecule has 8 heteroatoms. The van der Waals surface area contributed by atoms with Crippen LogP contribution in [0.1, 0.15) is 28.9 Å². The normalized spacial score (nSPS) is 12.2. The van der Waals surface area contributed by atoms with Crippen LogP contribution in [0.3, 0.4) is 0 Å². The monoisotopic (exact) mass is 425 g/mol. The zero-order chi connectivity index (χ0) is 22.2. The molecule has 0 aliphatic heterocycles. The molecule has 0 unspecified atom stereocenters. The maximum atomic E-state index is 12.8. The van der Waals surface area contributed by atoms with E-state index in [1.165, 1.54) is 0 Å². The number of anilines is 2. The Morgan fingerprint density at radius 2 is 1.94 bits per heavy atom. The Labute approximate surface area is 184 Å². The number of nitrogens with zero attached hydrogens (tertiary/aromatic N) is 5. The minimum absolute atomic E-state index is 0.0347.